The van der Waals surface area contributed by atoms with Crippen LogP contribution in [0.15, 0.2) is 0 Å². The van der Waals surface area contributed by atoms with Crippen LogP contribution in [0.1, 0.15) is 20.3 Å². The van der Waals surface area contributed by atoms with Crippen molar-refractivity contribution in [3.8, 4) is 0 Å². The molecule has 0 spiro atoms. The molecular formula is C6H13N. The first-order chi connectivity index (χ1) is 3.38. The third-order valence-corrected chi connectivity index (χ3v) is 1.71. The highest BCUT2D eigenvalue weighted by atomic mass is 15.3. The molecule has 0 saturated carbocycles. The third kappa shape index (κ3) is 0.942. The number of likely N-dealkylation sites (N-methyl/N-ethyl adjacent to an activating group) is 1. The highest BCUT2D eigenvalue weighted by Gasteiger charge is 2.29. The molecular weight excluding hydrogens is 86.1 g/mol. The summed E-state index contributed by atoms with van der Waals surface area (Å²) in [6, 6.07) is 0.949. The third-order valence-electron chi connectivity index (χ3n) is 1.71. The molecule has 1 fully saturated rings. The quantitative estimate of drug-likeness (QED) is 0.468. The van der Waals surface area contributed by atoms with Gasteiger partial charge >= 0.3 is 0 Å². The van der Waals surface area contributed by atoms with Gasteiger partial charge in [-0.3, -0.25) is 4.90 Å². The summed E-state index contributed by atoms with van der Waals surface area (Å²) in [5.41, 5.74) is 0. The van der Waals surface area contributed by atoms with Crippen molar-refractivity contribution in [2.24, 2.45) is 0 Å². The van der Waals surface area contributed by atoms with E-state index in [4.69, 9.17) is 0 Å². The van der Waals surface area contributed by atoms with Gasteiger partial charge in [-0.05, 0) is 13.0 Å². The Balaban J connectivity index is 2.06. The van der Waals surface area contributed by atoms with E-state index in [1.165, 1.54) is 19.5 Å². The molecule has 2 atom stereocenters. The Bertz CT molecular complexity index is 53.2. The molecule has 1 aliphatic rings. The topological polar surface area (TPSA) is 3.01 Å². The first-order valence-electron chi connectivity index (χ1n) is 3.12. The Kier molecular flexibility index (Phi) is 1.33. The Morgan fingerprint density at radius 1 is 1.57 bits per heavy atom. The van der Waals surface area contributed by atoms with Gasteiger partial charge in [0, 0.05) is 12.6 Å². The largest absolute Gasteiger partial charge is 0.298 e. The molecule has 0 aromatic carbocycles. The summed E-state index contributed by atoms with van der Waals surface area (Å²) < 4.78 is 0. The van der Waals surface area contributed by atoms with Crippen molar-refractivity contribution in [2.75, 3.05) is 13.1 Å². The molecule has 42 valence electrons. The molecule has 1 nitrogen and oxygen atoms in total. The summed E-state index contributed by atoms with van der Waals surface area (Å²) in [7, 11) is 0. The minimum atomic E-state index is 0.949. The van der Waals surface area contributed by atoms with Gasteiger partial charge < -0.3 is 0 Å². The molecule has 1 aliphatic heterocycles. The van der Waals surface area contributed by atoms with Crippen LogP contribution in [0.4, 0.5) is 0 Å². The molecule has 0 radical (unpaired) electrons. The molecule has 1 heteroatoms. The smallest absolute Gasteiger partial charge is 0.0221 e. The number of hydrogen-bond acceptors (Lipinski definition) is 1. The highest BCUT2D eigenvalue weighted by molar-refractivity contribution is 4.85. The van der Waals surface area contributed by atoms with E-state index in [2.05, 4.69) is 18.7 Å². The summed E-state index contributed by atoms with van der Waals surface area (Å²) >= 11 is 0. The van der Waals surface area contributed by atoms with Gasteiger partial charge in [-0.15, -0.1) is 0 Å². The van der Waals surface area contributed by atoms with E-state index in [1.54, 1.807) is 0 Å². The maximum Gasteiger partial charge on any atom is 0.0221 e. The number of hydrogen-bond donors (Lipinski definition) is 0. The van der Waals surface area contributed by atoms with Crippen LogP contribution in [0.3, 0.4) is 0 Å². The summed E-state index contributed by atoms with van der Waals surface area (Å²) in [5.74, 6) is 0. The Hall–Kier alpha value is -0.0400. The summed E-state index contributed by atoms with van der Waals surface area (Å²) in [4.78, 5) is 2.47. The van der Waals surface area contributed by atoms with E-state index in [9.17, 15) is 0 Å². The standard InChI is InChI=1S/C6H13N/c1-3-6-5-7(6)4-2/h6H,3-5H2,1-2H3/t6?,7-/m0/s1. The van der Waals surface area contributed by atoms with E-state index < -0.39 is 0 Å². The first kappa shape index (κ1) is 5.10. The summed E-state index contributed by atoms with van der Waals surface area (Å²) in [6.45, 7) is 7.07. The van der Waals surface area contributed by atoms with Gasteiger partial charge in [0.15, 0.2) is 0 Å². The van der Waals surface area contributed by atoms with Gasteiger partial charge in [0.1, 0.15) is 0 Å². The maximum absolute atomic E-state index is 2.47. The van der Waals surface area contributed by atoms with Crippen molar-refractivity contribution < 1.29 is 0 Å². The fourth-order valence-corrected chi connectivity index (χ4v) is 0.998. The van der Waals surface area contributed by atoms with E-state index in [0.717, 1.165) is 6.04 Å². The lowest BCUT2D eigenvalue weighted by molar-refractivity contribution is 0.527. The molecule has 0 aromatic heterocycles. The van der Waals surface area contributed by atoms with Crippen LogP contribution in [0.5, 0.6) is 0 Å². The van der Waals surface area contributed by atoms with Crippen molar-refractivity contribution >= 4 is 0 Å². The van der Waals surface area contributed by atoms with Crippen molar-refractivity contribution in [3.05, 3.63) is 0 Å². The first-order valence-corrected chi connectivity index (χ1v) is 3.12. The van der Waals surface area contributed by atoms with Crippen molar-refractivity contribution in [2.45, 2.75) is 26.3 Å². The molecule has 1 rings (SSSR count). The van der Waals surface area contributed by atoms with Crippen LogP contribution in [-0.2, 0) is 0 Å². The van der Waals surface area contributed by atoms with Crippen LogP contribution >= 0.6 is 0 Å². The lowest BCUT2D eigenvalue weighted by Gasteiger charge is -1.90. The minimum absolute atomic E-state index is 0.949. The van der Waals surface area contributed by atoms with Gasteiger partial charge in [0.25, 0.3) is 0 Å². The molecule has 0 bridgehead atoms. The average Bonchev–Trinajstić information content (AvgIpc) is 2.43. The normalized spacial score (nSPS) is 38.6. The highest BCUT2D eigenvalue weighted by Crippen LogP contribution is 2.18. The van der Waals surface area contributed by atoms with Crippen LogP contribution in [0.25, 0.3) is 0 Å². The van der Waals surface area contributed by atoms with Gasteiger partial charge in [-0.1, -0.05) is 13.8 Å². The van der Waals surface area contributed by atoms with Gasteiger partial charge in [-0.2, -0.15) is 0 Å². The van der Waals surface area contributed by atoms with Crippen LogP contribution < -0.4 is 0 Å². The predicted octanol–water partition coefficient (Wildman–Crippen LogP) is 1.10. The molecule has 1 unspecified atom stereocenters. The lowest BCUT2D eigenvalue weighted by atomic mass is 10.4. The lowest BCUT2D eigenvalue weighted by Crippen LogP contribution is -1.97. The second kappa shape index (κ2) is 1.83. The fourth-order valence-electron chi connectivity index (χ4n) is 0.998. The van der Waals surface area contributed by atoms with Crippen LogP contribution in [0.2, 0.25) is 0 Å². The Morgan fingerprint density at radius 3 is 2.43 bits per heavy atom. The van der Waals surface area contributed by atoms with E-state index in [-0.39, 0.29) is 0 Å². The van der Waals surface area contributed by atoms with Crippen molar-refractivity contribution in [1.82, 2.24) is 4.90 Å². The zero-order chi connectivity index (χ0) is 5.28. The summed E-state index contributed by atoms with van der Waals surface area (Å²) in [6.07, 6.45) is 1.34. The zero-order valence-electron chi connectivity index (χ0n) is 5.15. The van der Waals surface area contributed by atoms with Crippen LogP contribution in [-0.4, -0.2) is 24.0 Å². The van der Waals surface area contributed by atoms with Gasteiger partial charge in [0.2, 0.25) is 0 Å². The molecule has 0 aromatic rings. The number of nitrogens with zero attached hydrogens (tertiary/aromatic N) is 1. The summed E-state index contributed by atoms with van der Waals surface area (Å²) in [5, 5.41) is 0. The SMILES string of the molecule is CCC1C[N@]1CC. The van der Waals surface area contributed by atoms with Crippen molar-refractivity contribution in [1.29, 1.82) is 0 Å². The van der Waals surface area contributed by atoms with E-state index in [1.807, 2.05) is 0 Å². The average molecular weight is 99.2 g/mol. The second-order valence-corrected chi connectivity index (χ2v) is 2.15. The maximum atomic E-state index is 2.47. The Morgan fingerprint density at radius 2 is 2.29 bits per heavy atom. The van der Waals surface area contributed by atoms with Gasteiger partial charge in [-0.25, -0.2) is 0 Å². The molecule has 0 amide bonds. The Labute approximate surface area is 45.3 Å². The molecule has 1 saturated heterocycles. The zero-order valence-corrected chi connectivity index (χ0v) is 5.15. The molecule has 1 heterocycles. The van der Waals surface area contributed by atoms with E-state index in [0.29, 0.717) is 0 Å². The van der Waals surface area contributed by atoms with Crippen LogP contribution in [0, 0.1) is 0 Å². The second-order valence-electron chi connectivity index (χ2n) is 2.15. The molecule has 0 aliphatic carbocycles. The fraction of sp³-hybridized carbons (Fsp3) is 1.00. The molecule has 0 N–H and O–H groups in total. The molecule has 7 heavy (non-hydrogen) atoms. The monoisotopic (exact) mass is 99.1 g/mol. The van der Waals surface area contributed by atoms with Crippen molar-refractivity contribution in [3.63, 3.8) is 0 Å². The van der Waals surface area contributed by atoms with E-state index >= 15 is 0 Å². The predicted molar refractivity (Wildman–Crippen MR) is 31.3 cm³/mol. The number of rotatable bonds is 2. The minimum Gasteiger partial charge on any atom is -0.298 e. The van der Waals surface area contributed by atoms with Gasteiger partial charge in [0.05, 0.1) is 0 Å².